The molecule has 1 amide bonds. The summed E-state index contributed by atoms with van der Waals surface area (Å²) in [6.45, 7) is 1.69. The van der Waals surface area contributed by atoms with Crippen molar-refractivity contribution in [2.24, 2.45) is 5.14 Å². The van der Waals surface area contributed by atoms with Crippen LogP contribution in [0.5, 0.6) is 0 Å². The molecule has 0 aromatic heterocycles. The summed E-state index contributed by atoms with van der Waals surface area (Å²) in [7, 11) is -2.34. The second-order valence-electron chi connectivity index (χ2n) is 5.45. The van der Waals surface area contributed by atoms with E-state index >= 15 is 0 Å². The molecular weight excluding hydrogens is 374 g/mol. The molecule has 0 aliphatic carbocycles. The van der Waals surface area contributed by atoms with Gasteiger partial charge in [0, 0.05) is 7.05 Å². The molecule has 25 heavy (non-hydrogen) atoms. The molecule has 2 aromatic carbocycles. The average molecular weight is 389 g/mol. The molecule has 134 valence electrons. The van der Waals surface area contributed by atoms with Crippen LogP contribution in [0.15, 0.2) is 41.3 Å². The van der Waals surface area contributed by atoms with Crippen LogP contribution in [0.4, 0.5) is 8.78 Å². The van der Waals surface area contributed by atoms with E-state index in [0.717, 1.165) is 12.1 Å². The summed E-state index contributed by atoms with van der Waals surface area (Å²) in [4.78, 5) is 13.7. The lowest BCUT2D eigenvalue weighted by atomic mass is 10.1. The Morgan fingerprint density at radius 2 is 1.68 bits per heavy atom. The van der Waals surface area contributed by atoms with Crippen LogP contribution in [0.1, 0.15) is 28.9 Å². The molecule has 0 saturated heterocycles. The Morgan fingerprint density at radius 1 is 1.16 bits per heavy atom. The van der Waals surface area contributed by atoms with Gasteiger partial charge in [0.25, 0.3) is 5.91 Å². The number of nitrogens with zero attached hydrogens (tertiary/aromatic N) is 1. The minimum atomic E-state index is -3.81. The Morgan fingerprint density at radius 3 is 2.20 bits per heavy atom. The van der Waals surface area contributed by atoms with E-state index in [1.807, 2.05) is 0 Å². The molecule has 0 aliphatic heterocycles. The molecule has 0 spiro atoms. The fourth-order valence-corrected chi connectivity index (χ4v) is 2.96. The van der Waals surface area contributed by atoms with E-state index in [2.05, 4.69) is 0 Å². The summed E-state index contributed by atoms with van der Waals surface area (Å²) < 4.78 is 49.1. The van der Waals surface area contributed by atoms with Crippen LogP contribution in [0.3, 0.4) is 0 Å². The quantitative estimate of drug-likeness (QED) is 0.817. The van der Waals surface area contributed by atoms with E-state index in [0.29, 0.717) is 5.56 Å². The van der Waals surface area contributed by atoms with Crippen molar-refractivity contribution in [2.75, 3.05) is 7.05 Å². The van der Waals surface area contributed by atoms with Gasteiger partial charge >= 0.3 is 0 Å². The van der Waals surface area contributed by atoms with Gasteiger partial charge in [-0.25, -0.2) is 22.3 Å². The number of benzene rings is 2. The number of nitrogens with two attached hydrogens (primary N) is 1. The van der Waals surface area contributed by atoms with Gasteiger partial charge in [-0.1, -0.05) is 23.7 Å². The number of carbonyl (C=O) groups is 1. The van der Waals surface area contributed by atoms with E-state index in [1.54, 1.807) is 6.92 Å². The molecule has 1 atom stereocenters. The molecule has 0 aliphatic rings. The molecule has 2 aromatic rings. The van der Waals surface area contributed by atoms with Gasteiger partial charge in [0.05, 0.1) is 21.5 Å². The summed E-state index contributed by atoms with van der Waals surface area (Å²) in [5.41, 5.74) is 0.457. The first-order valence-electron chi connectivity index (χ1n) is 7.07. The van der Waals surface area contributed by atoms with Crippen LogP contribution in [-0.4, -0.2) is 26.3 Å². The number of sulfonamides is 1. The van der Waals surface area contributed by atoms with Gasteiger partial charge in [-0.05, 0) is 36.8 Å². The minimum absolute atomic E-state index is 0.0546. The average Bonchev–Trinajstić information content (AvgIpc) is 2.55. The highest BCUT2D eigenvalue weighted by Gasteiger charge is 2.23. The number of amides is 1. The predicted octanol–water partition coefficient (Wildman–Crippen LogP) is 3.10. The Bertz CT molecular complexity index is 918. The van der Waals surface area contributed by atoms with Gasteiger partial charge in [0.15, 0.2) is 11.6 Å². The summed E-state index contributed by atoms with van der Waals surface area (Å²) in [6, 6.07) is 6.68. The number of carbonyl (C=O) groups excluding carboxylic acids is 1. The maximum Gasteiger partial charge on any atom is 0.255 e. The third kappa shape index (κ3) is 4.15. The maximum atomic E-state index is 13.4. The van der Waals surface area contributed by atoms with Crippen LogP contribution >= 0.6 is 11.6 Å². The number of hydrogen-bond acceptors (Lipinski definition) is 3. The van der Waals surface area contributed by atoms with Crippen molar-refractivity contribution < 1.29 is 22.0 Å². The largest absolute Gasteiger partial charge is 0.335 e. The molecule has 0 radical (unpaired) electrons. The van der Waals surface area contributed by atoms with Crippen molar-refractivity contribution in [1.29, 1.82) is 0 Å². The Balaban J connectivity index is 2.29. The first-order valence-corrected chi connectivity index (χ1v) is 8.99. The van der Waals surface area contributed by atoms with Crippen LogP contribution in [0.2, 0.25) is 5.02 Å². The second-order valence-corrected chi connectivity index (χ2v) is 7.42. The van der Waals surface area contributed by atoms with Crippen molar-refractivity contribution in [2.45, 2.75) is 17.9 Å². The predicted molar refractivity (Wildman–Crippen MR) is 89.7 cm³/mol. The van der Waals surface area contributed by atoms with E-state index in [1.165, 1.54) is 36.2 Å². The zero-order valence-electron chi connectivity index (χ0n) is 13.3. The summed E-state index contributed by atoms with van der Waals surface area (Å²) >= 11 is 5.83. The molecule has 0 fully saturated rings. The molecule has 2 rings (SSSR count). The zero-order chi connectivity index (χ0) is 18.9. The number of rotatable bonds is 4. The fourth-order valence-electron chi connectivity index (χ4n) is 2.21. The molecule has 0 heterocycles. The number of primary sulfonamides is 1. The number of halogens is 3. The van der Waals surface area contributed by atoms with E-state index in [9.17, 15) is 22.0 Å². The Kier molecular flexibility index (Phi) is 5.46. The molecule has 5 nitrogen and oxygen atoms in total. The van der Waals surface area contributed by atoms with E-state index < -0.39 is 33.6 Å². The minimum Gasteiger partial charge on any atom is -0.335 e. The molecule has 9 heteroatoms. The van der Waals surface area contributed by atoms with Gasteiger partial charge in [0.1, 0.15) is 0 Å². The van der Waals surface area contributed by atoms with E-state index in [-0.39, 0.29) is 15.5 Å². The summed E-state index contributed by atoms with van der Waals surface area (Å²) in [5, 5.41) is 4.84. The standard InChI is InChI=1S/C16H15ClF2N2O3S/c1-9(10-3-5-11(6-4-10)25(20,23)24)21(2)16(22)12-7-14(18)15(19)8-13(12)17/h3-9H,1-2H3,(H2,20,23,24). The van der Waals surface area contributed by atoms with Crippen LogP contribution < -0.4 is 5.14 Å². The second kappa shape index (κ2) is 7.07. The first-order chi connectivity index (χ1) is 11.5. The molecule has 2 N–H and O–H groups in total. The van der Waals surface area contributed by atoms with Gasteiger partial charge in [0.2, 0.25) is 10.0 Å². The first kappa shape index (κ1) is 19.3. The monoisotopic (exact) mass is 388 g/mol. The highest BCUT2D eigenvalue weighted by atomic mass is 35.5. The highest BCUT2D eigenvalue weighted by Crippen LogP contribution is 2.26. The van der Waals surface area contributed by atoms with Gasteiger partial charge in [-0.2, -0.15) is 0 Å². The molecule has 1 unspecified atom stereocenters. The number of hydrogen-bond donors (Lipinski definition) is 1. The highest BCUT2D eigenvalue weighted by molar-refractivity contribution is 7.89. The van der Waals surface area contributed by atoms with E-state index in [4.69, 9.17) is 16.7 Å². The van der Waals surface area contributed by atoms with Crippen molar-refractivity contribution in [3.8, 4) is 0 Å². The van der Waals surface area contributed by atoms with Crippen LogP contribution in [-0.2, 0) is 10.0 Å². The normalized spacial score (nSPS) is 12.7. The van der Waals surface area contributed by atoms with Crippen molar-refractivity contribution in [1.82, 2.24) is 4.90 Å². The van der Waals surface area contributed by atoms with Gasteiger partial charge in [-0.3, -0.25) is 4.79 Å². The topological polar surface area (TPSA) is 80.5 Å². The summed E-state index contributed by atoms with van der Waals surface area (Å²) in [6.07, 6.45) is 0. The molecule has 0 bridgehead atoms. The van der Waals surface area contributed by atoms with Crippen molar-refractivity contribution >= 4 is 27.5 Å². The molecular formula is C16H15ClF2N2O3S. The van der Waals surface area contributed by atoms with Crippen LogP contribution in [0.25, 0.3) is 0 Å². The zero-order valence-corrected chi connectivity index (χ0v) is 14.9. The fraction of sp³-hybridized carbons (Fsp3) is 0.188. The smallest absolute Gasteiger partial charge is 0.255 e. The lowest BCUT2D eigenvalue weighted by molar-refractivity contribution is 0.0742. The maximum absolute atomic E-state index is 13.4. The third-order valence-corrected chi connectivity index (χ3v) is 5.07. The SMILES string of the molecule is CC(c1ccc(S(N)(=O)=O)cc1)N(C)C(=O)c1cc(F)c(F)cc1Cl. The Hall–Kier alpha value is -2.03. The molecule has 0 saturated carbocycles. The summed E-state index contributed by atoms with van der Waals surface area (Å²) in [5.74, 6) is -2.92. The lowest BCUT2D eigenvalue weighted by Gasteiger charge is -2.26. The van der Waals surface area contributed by atoms with Crippen molar-refractivity contribution in [3.05, 3.63) is 64.2 Å². The van der Waals surface area contributed by atoms with Gasteiger partial charge < -0.3 is 4.90 Å². The van der Waals surface area contributed by atoms with Crippen molar-refractivity contribution in [3.63, 3.8) is 0 Å². The van der Waals surface area contributed by atoms with Crippen LogP contribution in [0, 0.1) is 11.6 Å². The lowest BCUT2D eigenvalue weighted by Crippen LogP contribution is -2.30. The Labute approximate surface area is 149 Å². The third-order valence-electron chi connectivity index (χ3n) is 3.83. The van der Waals surface area contributed by atoms with Gasteiger partial charge in [-0.15, -0.1) is 0 Å².